The van der Waals surface area contributed by atoms with Crippen LogP contribution in [0.15, 0.2) is 28.7 Å². The quantitative estimate of drug-likeness (QED) is 0.878. The van der Waals surface area contributed by atoms with Crippen molar-refractivity contribution in [3.05, 3.63) is 58.0 Å². The van der Waals surface area contributed by atoms with E-state index < -0.39 is 0 Å². The van der Waals surface area contributed by atoms with Crippen LogP contribution in [0.5, 0.6) is 0 Å². The number of benzene rings is 1. The summed E-state index contributed by atoms with van der Waals surface area (Å²) in [5.41, 5.74) is 5.48. The molecule has 2 aromatic rings. The molecule has 108 valence electrons. The van der Waals surface area contributed by atoms with Crippen molar-refractivity contribution in [2.24, 2.45) is 0 Å². The molecule has 1 aromatic carbocycles. The third-order valence-corrected chi connectivity index (χ3v) is 3.97. The monoisotopic (exact) mass is 271 g/mol. The minimum atomic E-state index is 0.232. The summed E-state index contributed by atoms with van der Waals surface area (Å²) in [6, 6.07) is 8.92. The van der Waals surface area contributed by atoms with Crippen LogP contribution in [0.1, 0.15) is 46.7 Å². The SMILES string of the molecule is CCc1ccc(C(Cc2c(C)cc(C)cc2C)NC)o1. The van der Waals surface area contributed by atoms with Crippen molar-refractivity contribution in [1.82, 2.24) is 5.32 Å². The van der Waals surface area contributed by atoms with Crippen LogP contribution in [0.25, 0.3) is 0 Å². The number of hydrogen-bond acceptors (Lipinski definition) is 2. The van der Waals surface area contributed by atoms with Gasteiger partial charge in [0.1, 0.15) is 11.5 Å². The second kappa shape index (κ2) is 6.27. The molecular weight excluding hydrogens is 246 g/mol. The molecule has 0 bridgehead atoms. The Kier molecular flexibility index (Phi) is 4.66. The fraction of sp³-hybridized carbons (Fsp3) is 0.444. The maximum Gasteiger partial charge on any atom is 0.121 e. The molecule has 0 radical (unpaired) electrons. The molecule has 0 spiro atoms. The van der Waals surface area contributed by atoms with Crippen LogP contribution in [0, 0.1) is 20.8 Å². The van der Waals surface area contributed by atoms with E-state index in [2.05, 4.69) is 57.3 Å². The zero-order chi connectivity index (χ0) is 14.7. The lowest BCUT2D eigenvalue weighted by molar-refractivity contribution is 0.406. The molecule has 1 aromatic heterocycles. The Labute approximate surface area is 122 Å². The highest BCUT2D eigenvalue weighted by Crippen LogP contribution is 2.25. The molecule has 2 rings (SSSR count). The molecular formula is C18H25NO. The maximum absolute atomic E-state index is 5.90. The van der Waals surface area contributed by atoms with E-state index in [1.165, 1.54) is 22.3 Å². The predicted octanol–water partition coefficient (Wildman–Crippen LogP) is 4.27. The summed E-state index contributed by atoms with van der Waals surface area (Å²) in [4.78, 5) is 0. The molecule has 1 N–H and O–H groups in total. The molecule has 0 saturated carbocycles. The van der Waals surface area contributed by atoms with Gasteiger partial charge in [-0.15, -0.1) is 0 Å². The van der Waals surface area contributed by atoms with Crippen molar-refractivity contribution in [1.29, 1.82) is 0 Å². The van der Waals surface area contributed by atoms with E-state index in [9.17, 15) is 0 Å². The smallest absolute Gasteiger partial charge is 0.121 e. The number of likely N-dealkylation sites (N-methyl/N-ethyl adjacent to an activating group) is 1. The van der Waals surface area contributed by atoms with Crippen molar-refractivity contribution in [3.63, 3.8) is 0 Å². The number of rotatable bonds is 5. The fourth-order valence-electron chi connectivity index (χ4n) is 2.85. The van der Waals surface area contributed by atoms with Gasteiger partial charge in [0, 0.05) is 6.42 Å². The highest BCUT2D eigenvalue weighted by atomic mass is 16.3. The first kappa shape index (κ1) is 14.9. The van der Waals surface area contributed by atoms with E-state index in [4.69, 9.17) is 4.42 Å². The van der Waals surface area contributed by atoms with E-state index in [1.807, 2.05) is 7.05 Å². The molecule has 1 heterocycles. The normalized spacial score (nSPS) is 12.7. The zero-order valence-electron chi connectivity index (χ0n) is 13.2. The molecule has 0 aliphatic heterocycles. The van der Waals surface area contributed by atoms with E-state index in [0.29, 0.717) is 0 Å². The van der Waals surface area contributed by atoms with Gasteiger partial charge in [-0.2, -0.15) is 0 Å². The maximum atomic E-state index is 5.90. The second-order valence-electron chi connectivity index (χ2n) is 5.58. The Hall–Kier alpha value is -1.54. The van der Waals surface area contributed by atoms with Crippen LogP contribution in [0.4, 0.5) is 0 Å². The highest BCUT2D eigenvalue weighted by Gasteiger charge is 2.16. The van der Waals surface area contributed by atoms with Crippen molar-refractivity contribution in [3.8, 4) is 0 Å². The lowest BCUT2D eigenvalue weighted by Crippen LogP contribution is -2.19. The Morgan fingerprint density at radius 1 is 1.10 bits per heavy atom. The van der Waals surface area contributed by atoms with Gasteiger partial charge in [0.25, 0.3) is 0 Å². The summed E-state index contributed by atoms with van der Waals surface area (Å²) in [5, 5.41) is 3.38. The molecule has 1 atom stereocenters. The number of nitrogens with one attached hydrogen (secondary N) is 1. The van der Waals surface area contributed by atoms with Gasteiger partial charge >= 0.3 is 0 Å². The van der Waals surface area contributed by atoms with Gasteiger partial charge in [-0.1, -0.05) is 24.6 Å². The molecule has 0 fully saturated rings. The zero-order valence-corrected chi connectivity index (χ0v) is 13.2. The van der Waals surface area contributed by atoms with Gasteiger partial charge in [-0.3, -0.25) is 0 Å². The average Bonchev–Trinajstić information content (AvgIpc) is 2.86. The largest absolute Gasteiger partial charge is 0.464 e. The first-order chi connectivity index (χ1) is 9.55. The Morgan fingerprint density at radius 2 is 1.75 bits per heavy atom. The van der Waals surface area contributed by atoms with Gasteiger partial charge in [-0.05, 0) is 63.1 Å². The molecule has 0 amide bonds. The molecule has 0 saturated heterocycles. The molecule has 2 heteroatoms. The van der Waals surface area contributed by atoms with Gasteiger partial charge in [0.05, 0.1) is 6.04 Å². The minimum absolute atomic E-state index is 0.232. The van der Waals surface area contributed by atoms with Crippen molar-refractivity contribution in [2.75, 3.05) is 7.05 Å². The Morgan fingerprint density at radius 3 is 2.25 bits per heavy atom. The summed E-state index contributed by atoms with van der Waals surface area (Å²) in [6.45, 7) is 8.66. The van der Waals surface area contributed by atoms with Crippen LogP contribution < -0.4 is 5.32 Å². The van der Waals surface area contributed by atoms with Crippen molar-refractivity contribution >= 4 is 0 Å². The first-order valence-corrected chi connectivity index (χ1v) is 7.37. The lowest BCUT2D eigenvalue weighted by atomic mass is 9.93. The third kappa shape index (κ3) is 3.13. The van der Waals surface area contributed by atoms with Gasteiger partial charge < -0.3 is 9.73 Å². The minimum Gasteiger partial charge on any atom is -0.464 e. The van der Waals surface area contributed by atoms with E-state index in [1.54, 1.807) is 0 Å². The van der Waals surface area contributed by atoms with Gasteiger partial charge in [0.2, 0.25) is 0 Å². The van der Waals surface area contributed by atoms with Crippen LogP contribution in [0.2, 0.25) is 0 Å². The van der Waals surface area contributed by atoms with Crippen molar-refractivity contribution in [2.45, 2.75) is 46.6 Å². The standard InChI is InChI=1S/C18H25NO/c1-6-15-7-8-18(20-15)17(19-5)11-16-13(3)9-12(2)10-14(16)4/h7-10,17,19H,6,11H2,1-5H3. The summed E-state index contributed by atoms with van der Waals surface area (Å²) >= 11 is 0. The molecule has 0 aliphatic carbocycles. The highest BCUT2D eigenvalue weighted by molar-refractivity contribution is 5.38. The van der Waals surface area contributed by atoms with E-state index in [0.717, 1.165) is 24.4 Å². The average molecular weight is 271 g/mol. The summed E-state index contributed by atoms with van der Waals surface area (Å²) in [5.74, 6) is 2.08. The second-order valence-corrected chi connectivity index (χ2v) is 5.58. The van der Waals surface area contributed by atoms with Crippen LogP contribution in [-0.4, -0.2) is 7.05 Å². The lowest BCUT2D eigenvalue weighted by Gasteiger charge is -2.18. The Balaban J connectivity index is 2.26. The summed E-state index contributed by atoms with van der Waals surface area (Å²) in [6.07, 6.45) is 1.91. The first-order valence-electron chi connectivity index (χ1n) is 7.37. The summed E-state index contributed by atoms with van der Waals surface area (Å²) in [7, 11) is 2.00. The Bertz CT molecular complexity index is 560. The van der Waals surface area contributed by atoms with Crippen molar-refractivity contribution < 1.29 is 4.42 Å². The topological polar surface area (TPSA) is 25.2 Å². The number of hydrogen-bond donors (Lipinski definition) is 1. The van der Waals surface area contributed by atoms with Crippen LogP contribution in [-0.2, 0) is 12.8 Å². The molecule has 1 unspecified atom stereocenters. The fourth-order valence-corrected chi connectivity index (χ4v) is 2.85. The van der Waals surface area contributed by atoms with Gasteiger partial charge in [0.15, 0.2) is 0 Å². The molecule has 20 heavy (non-hydrogen) atoms. The summed E-state index contributed by atoms with van der Waals surface area (Å²) < 4.78 is 5.90. The molecule has 0 aliphatic rings. The van der Waals surface area contributed by atoms with Crippen LogP contribution >= 0.6 is 0 Å². The predicted molar refractivity (Wildman–Crippen MR) is 84.2 cm³/mol. The molecule has 2 nitrogen and oxygen atoms in total. The van der Waals surface area contributed by atoms with Gasteiger partial charge in [-0.25, -0.2) is 0 Å². The van der Waals surface area contributed by atoms with E-state index >= 15 is 0 Å². The number of aryl methyl sites for hydroxylation is 4. The van der Waals surface area contributed by atoms with E-state index in [-0.39, 0.29) is 6.04 Å². The number of furan rings is 1. The third-order valence-electron chi connectivity index (χ3n) is 3.97. The van der Waals surface area contributed by atoms with Crippen LogP contribution in [0.3, 0.4) is 0 Å².